The standard InChI is InChI=1S/C22H29O2P/c1-18-12-11-13-19(2)21(18)22(23)25(24)17-10-5-3-4-7-14-20-15-8-6-9-16-20/h6,8-9,11-13,15-16,25H,3-5,7,10,14,17H2,1-2H3. The van der Waals surface area contributed by atoms with E-state index >= 15 is 0 Å². The van der Waals surface area contributed by atoms with E-state index in [1.54, 1.807) is 0 Å². The number of hydrogen-bond donors (Lipinski definition) is 0. The van der Waals surface area contributed by atoms with E-state index in [0.717, 1.165) is 36.8 Å². The van der Waals surface area contributed by atoms with Gasteiger partial charge in [-0.1, -0.05) is 67.8 Å². The zero-order valence-corrected chi connectivity index (χ0v) is 16.4. The maximum Gasteiger partial charge on any atom is 0.219 e. The highest BCUT2D eigenvalue weighted by molar-refractivity contribution is 7.64. The lowest BCUT2D eigenvalue weighted by atomic mass is 10.0. The Morgan fingerprint density at radius 2 is 1.40 bits per heavy atom. The lowest BCUT2D eigenvalue weighted by Gasteiger charge is -2.08. The van der Waals surface area contributed by atoms with Crippen molar-refractivity contribution in [1.29, 1.82) is 0 Å². The van der Waals surface area contributed by atoms with E-state index in [1.807, 2.05) is 38.1 Å². The van der Waals surface area contributed by atoms with E-state index in [2.05, 4.69) is 24.3 Å². The molecule has 0 saturated heterocycles. The van der Waals surface area contributed by atoms with Crippen LogP contribution in [0.4, 0.5) is 0 Å². The molecule has 0 heterocycles. The maximum atomic E-state index is 12.4. The largest absolute Gasteiger partial charge is 0.318 e. The Kier molecular flexibility index (Phi) is 8.15. The SMILES string of the molecule is Cc1cccc(C)c1C(=O)[PH](=O)CCCCCCCc1ccccc1. The number of unbranched alkanes of at least 4 members (excludes halogenated alkanes) is 4. The van der Waals surface area contributed by atoms with Crippen molar-refractivity contribution in [2.24, 2.45) is 0 Å². The van der Waals surface area contributed by atoms with Crippen molar-refractivity contribution in [3.63, 3.8) is 0 Å². The average molecular weight is 356 g/mol. The van der Waals surface area contributed by atoms with Crippen molar-refractivity contribution in [3.8, 4) is 0 Å². The molecule has 1 unspecified atom stereocenters. The molecule has 0 aliphatic carbocycles. The van der Waals surface area contributed by atoms with Crippen LogP contribution in [0.3, 0.4) is 0 Å². The molecule has 2 rings (SSSR count). The van der Waals surface area contributed by atoms with Crippen molar-refractivity contribution in [3.05, 3.63) is 70.8 Å². The first-order chi connectivity index (χ1) is 12.1. The van der Waals surface area contributed by atoms with Crippen LogP contribution in [-0.4, -0.2) is 11.7 Å². The smallest absolute Gasteiger partial charge is 0.219 e. The zero-order chi connectivity index (χ0) is 18.1. The lowest BCUT2D eigenvalue weighted by Crippen LogP contribution is -2.01. The molecule has 0 saturated carbocycles. The summed E-state index contributed by atoms with van der Waals surface area (Å²) in [6.07, 6.45) is 7.17. The molecule has 25 heavy (non-hydrogen) atoms. The third-order valence-corrected chi connectivity index (χ3v) is 6.24. The number of aryl methyl sites for hydroxylation is 3. The van der Waals surface area contributed by atoms with Gasteiger partial charge >= 0.3 is 0 Å². The molecule has 134 valence electrons. The summed E-state index contributed by atoms with van der Waals surface area (Å²) in [5.74, 6) is 0. The molecule has 2 aromatic rings. The molecular weight excluding hydrogens is 327 g/mol. The van der Waals surface area contributed by atoms with E-state index < -0.39 is 7.80 Å². The second-order valence-corrected chi connectivity index (χ2v) is 8.57. The van der Waals surface area contributed by atoms with Gasteiger partial charge in [0.25, 0.3) is 0 Å². The van der Waals surface area contributed by atoms with Crippen LogP contribution in [0.1, 0.15) is 59.2 Å². The fraction of sp³-hybridized carbons (Fsp3) is 0.409. The van der Waals surface area contributed by atoms with Gasteiger partial charge in [-0.25, -0.2) is 0 Å². The normalized spacial score (nSPS) is 12.1. The summed E-state index contributed by atoms with van der Waals surface area (Å²) < 4.78 is 12.4. The number of hydrogen-bond acceptors (Lipinski definition) is 2. The van der Waals surface area contributed by atoms with Crippen LogP contribution >= 0.6 is 7.80 Å². The Morgan fingerprint density at radius 1 is 0.800 bits per heavy atom. The quantitative estimate of drug-likeness (QED) is 0.375. The number of benzene rings is 2. The van der Waals surface area contributed by atoms with Gasteiger partial charge < -0.3 is 4.57 Å². The monoisotopic (exact) mass is 356 g/mol. The maximum absolute atomic E-state index is 12.4. The Balaban J connectivity index is 1.64. The molecular formula is C22H29O2P. The first kappa shape index (κ1) is 19.7. The molecule has 1 atom stereocenters. The van der Waals surface area contributed by atoms with Gasteiger partial charge in [-0.15, -0.1) is 0 Å². The van der Waals surface area contributed by atoms with Crippen LogP contribution in [0.5, 0.6) is 0 Å². The highest BCUT2D eigenvalue weighted by Crippen LogP contribution is 2.31. The van der Waals surface area contributed by atoms with Gasteiger partial charge in [0, 0.05) is 11.7 Å². The molecule has 0 aromatic heterocycles. The minimum atomic E-state index is -2.19. The fourth-order valence-electron chi connectivity index (χ4n) is 3.22. The van der Waals surface area contributed by atoms with Crippen LogP contribution in [0.25, 0.3) is 0 Å². The molecule has 0 amide bonds. The van der Waals surface area contributed by atoms with E-state index in [4.69, 9.17) is 0 Å². The van der Waals surface area contributed by atoms with Crippen LogP contribution in [0, 0.1) is 13.8 Å². The number of rotatable bonds is 10. The van der Waals surface area contributed by atoms with Crippen molar-refractivity contribution < 1.29 is 9.36 Å². The summed E-state index contributed by atoms with van der Waals surface area (Å²) in [5.41, 5.74) is 3.80. The molecule has 0 bridgehead atoms. The number of carbonyl (C=O) groups excluding carboxylic acids is 1. The van der Waals surface area contributed by atoms with Gasteiger partial charge in [0.05, 0.1) is 0 Å². The highest BCUT2D eigenvalue weighted by atomic mass is 31.1. The van der Waals surface area contributed by atoms with Crippen molar-refractivity contribution in [2.45, 2.75) is 52.4 Å². The number of carbonyl (C=O) groups is 1. The van der Waals surface area contributed by atoms with E-state index in [9.17, 15) is 9.36 Å². The molecule has 0 radical (unpaired) electrons. The van der Waals surface area contributed by atoms with E-state index in [-0.39, 0.29) is 5.52 Å². The van der Waals surface area contributed by atoms with Crippen molar-refractivity contribution in [1.82, 2.24) is 0 Å². The molecule has 0 fully saturated rings. The molecule has 2 aromatic carbocycles. The first-order valence-corrected chi connectivity index (χ1v) is 10.9. The molecule has 2 nitrogen and oxygen atoms in total. The third kappa shape index (κ3) is 6.29. The van der Waals surface area contributed by atoms with Gasteiger partial charge in [0.2, 0.25) is 5.52 Å². The first-order valence-electron chi connectivity index (χ1n) is 9.27. The van der Waals surface area contributed by atoms with Crippen LogP contribution in [0.2, 0.25) is 0 Å². The Hall–Kier alpha value is -1.66. The van der Waals surface area contributed by atoms with E-state index in [1.165, 1.54) is 18.4 Å². The van der Waals surface area contributed by atoms with Gasteiger partial charge in [-0.3, -0.25) is 4.79 Å². The van der Waals surface area contributed by atoms with E-state index in [0.29, 0.717) is 11.7 Å². The summed E-state index contributed by atoms with van der Waals surface area (Å²) in [4.78, 5) is 12.4. The fourth-order valence-corrected chi connectivity index (χ4v) is 4.69. The Bertz CT molecular complexity index is 687. The minimum Gasteiger partial charge on any atom is -0.318 e. The Morgan fingerprint density at radius 3 is 2.08 bits per heavy atom. The summed E-state index contributed by atoms with van der Waals surface area (Å²) in [5, 5.41) is 0. The van der Waals surface area contributed by atoms with Crippen molar-refractivity contribution >= 4 is 13.3 Å². The molecule has 0 aliphatic heterocycles. The Labute approximate surface area is 152 Å². The molecule has 0 aliphatic rings. The second-order valence-electron chi connectivity index (χ2n) is 6.77. The van der Waals surface area contributed by atoms with Gasteiger partial charge in [0.1, 0.15) is 7.80 Å². The summed E-state index contributed by atoms with van der Waals surface area (Å²) in [7, 11) is -2.19. The van der Waals surface area contributed by atoms with Crippen LogP contribution in [0.15, 0.2) is 48.5 Å². The molecule has 3 heteroatoms. The predicted octanol–water partition coefficient (Wildman–Crippen LogP) is 6.20. The second kappa shape index (κ2) is 10.4. The van der Waals surface area contributed by atoms with Gasteiger partial charge in [-0.2, -0.15) is 0 Å². The predicted molar refractivity (Wildman–Crippen MR) is 107 cm³/mol. The highest BCUT2D eigenvalue weighted by Gasteiger charge is 2.17. The van der Waals surface area contributed by atoms with Crippen LogP contribution < -0.4 is 0 Å². The lowest BCUT2D eigenvalue weighted by molar-refractivity contribution is 0.107. The summed E-state index contributed by atoms with van der Waals surface area (Å²) in [6.45, 7) is 3.84. The van der Waals surface area contributed by atoms with Crippen molar-refractivity contribution in [2.75, 3.05) is 6.16 Å². The van der Waals surface area contributed by atoms with Crippen LogP contribution in [-0.2, 0) is 11.0 Å². The molecule has 0 spiro atoms. The third-order valence-electron chi connectivity index (χ3n) is 4.67. The minimum absolute atomic E-state index is 0.135. The van der Waals surface area contributed by atoms with Gasteiger partial charge in [-0.05, 0) is 49.8 Å². The summed E-state index contributed by atoms with van der Waals surface area (Å²) in [6, 6.07) is 16.3. The zero-order valence-electron chi connectivity index (χ0n) is 15.4. The topological polar surface area (TPSA) is 34.1 Å². The summed E-state index contributed by atoms with van der Waals surface area (Å²) >= 11 is 0. The average Bonchev–Trinajstić information content (AvgIpc) is 2.61. The van der Waals surface area contributed by atoms with Gasteiger partial charge in [0.15, 0.2) is 0 Å². The molecule has 0 N–H and O–H groups in total.